The van der Waals surface area contributed by atoms with Crippen LogP contribution in [0, 0.1) is 5.92 Å². The average molecular weight is 263 g/mol. The van der Waals surface area contributed by atoms with E-state index in [1.54, 1.807) is 7.11 Å². The highest BCUT2D eigenvalue weighted by Crippen LogP contribution is 2.15. The van der Waals surface area contributed by atoms with Crippen molar-refractivity contribution < 1.29 is 4.74 Å². The Hall–Kier alpha value is -1.02. The highest BCUT2D eigenvalue weighted by atomic mass is 16.5. The summed E-state index contributed by atoms with van der Waals surface area (Å²) in [4.78, 5) is 0. The van der Waals surface area contributed by atoms with Crippen LogP contribution < -0.4 is 10.1 Å². The molecule has 19 heavy (non-hydrogen) atoms. The van der Waals surface area contributed by atoms with Gasteiger partial charge in [0, 0.05) is 12.1 Å². The predicted molar refractivity (Wildman–Crippen MR) is 82.8 cm³/mol. The lowest BCUT2D eigenvalue weighted by atomic mass is 9.94. The molecule has 0 saturated carbocycles. The van der Waals surface area contributed by atoms with Gasteiger partial charge in [0.1, 0.15) is 5.75 Å². The quantitative estimate of drug-likeness (QED) is 0.764. The number of rotatable bonds is 8. The van der Waals surface area contributed by atoms with Crippen LogP contribution in [-0.2, 0) is 6.42 Å². The number of methoxy groups -OCH3 is 1. The number of hydrogen-bond donors (Lipinski definition) is 1. The van der Waals surface area contributed by atoms with E-state index in [0.29, 0.717) is 12.1 Å². The Balaban J connectivity index is 2.47. The summed E-state index contributed by atoms with van der Waals surface area (Å²) in [7, 11) is 1.70. The highest BCUT2D eigenvalue weighted by molar-refractivity contribution is 5.27. The molecule has 2 nitrogen and oxygen atoms in total. The van der Waals surface area contributed by atoms with Crippen molar-refractivity contribution in [3.63, 3.8) is 0 Å². The number of ether oxygens (including phenoxy) is 1. The van der Waals surface area contributed by atoms with E-state index in [1.165, 1.54) is 18.4 Å². The second kappa shape index (κ2) is 8.21. The average Bonchev–Trinajstić information content (AvgIpc) is 2.40. The zero-order valence-electron chi connectivity index (χ0n) is 13.1. The monoisotopic (exact) mass is 263 g/mol. The molecule has 1 aromatic carbocycles. The molecule has 0 spiro atoms. The summed E-state index contributed by atoms with van der Waals surface area (Å²) in [5, 5.41) is 3.73. The van der Waals surface area contributed by atoms with Gasteiger partial charge in [-0.05, 0) is 43.9 Å². The second-order valence-corrected chi connectivity index (χ2v) is 5.49. The predicted octanol–water partition coefficient (Wildman–Crippen LogP) is 4.04. The Morgan fingerprint density at radius 2 is 1.63 bits per heavy atom. The Bertz CT molecular complexity index is 343. The fraction of sp³-hybridized carbons (Fsp3) is 0.647. The maximum absolute atomic E-state index is 5.18. The minimum Gasteiger partial charge on any atom is -0.497 e. The fourth-order valence-electron chi connectivity index (χ4n) is 2.75. The van der Waals surface area contributed by atoms with Gasteiger partial charge in [0.05, 0.1) is 7.11 Å². The van der Waals surface area contributed by atoms with Crippen LogP contribution in [0.25, 0.3) is 0 Å². The number of benzene rings is 1. The van der Waals surface area contributed by atoms with E-state index in [0.717, 1.165) is 18.1 Å². The van der Waals surface area contributed by atoms with Crippen LogP contribution in [-0.4, -0.2) is 19.2 Å². The molecule has 0 fully saturated rings. The van der Waals surface area contributed by atoms with Crippen LogP contribution in [0.15, 0.2) is 24.3 Å². The van der Waals surface area contributed by atoms with Crippen LogP contribution in [0.5, 0.6) is 5.75 Å². The topological polar surface area (TPSA) is 21.3 Å². The Kier molecular flexibility index (Phi) is 6.93. The molecule has 0 heterocycles. The van der Waals surface area contributed by atoms with Gasteiger partial charge < -0.3 is 10.1 Å². The molecule has 2 atom stereocenters. The molecular weight excluding hydrogens is 234 g/mol. The SMILES string of the molecule is CCC(CC)C(C)NC(C)Cc1ccc(OC)cc1. The van der Waals surface area contributed by atoms with Gasteiger partial charge in [-0.2, -0.15) is 0 Å². The molecule has 0 saturated heterocycles. The maximum atomic E-state index is 5.18. The van der Waals surface area contributed by atoms with Gasteiger partial charge in [-0.25, -0.2) is 0 Å². The first kappa shape index (κ1) is 16.0. The standard InChI is InChI=1S/C17H29NO/c1-6-16(7-2)14(4)18-13(3)12-15-8-10-17(19-5)11-9-15/h8-11,13-14,16,18H,6-7,12H2,1-5H3. The minimum atomic E-state index is 0.504. The summed E-state index contributed by atoms with van der Waals surface area (Å²) in [6.45, 7) is 9.13. The molecule has 0 bridgehead atoms. The summed E-state index contributed by atoms with van der Waals surface area (Å²) in [5.41, 5.74) is 1.36. The van der Waals surface area contributed by atoms with Crippen molar-refractivity contribution in [3.05, 3.63) is 29.8 Å². The molecule has 0 aromatic heterocycles. The molecule has 0 aliphatic carbocycles. The van der Waals surface area contributed by atoms with Crippen LogP contribution >= 0.6 is 0 Å². The van der Waals surface area contributed by atoms with Crippen LogP contribution in [0.1, 0.15) is 46.1 Å². The Morgan fingerprint density at radius 3 is 2.11 bits per heavy atom. The summed E-state index contributed by atoms with van der Waals surface area (Å²) in [6.07, 6.45) is 3.56. The van der Waals surface area contributed by atoms with Crippen molar-refractivity contribution in [3.8, 4) is 5.75 Å². The Morgan fingerprint density at radius 1 is 1.05 bits per heavy atom. The number of hydrogen-bond acceptors (Lipinski definition) is 2. The van der Waals surface area contributed by atoms with Crippen molar-refractivity contribution in [2.24, 2.45) is 5.92 Å². The molecule has 0 radical (unpaired) electrons. The lowest BCUT2D eigenvalue weighted by molar-refractivity contribution is 0.327. The van der Waals surface area contributed by atoms with Gasteiger partial charge >= 0.3 is 0 Å². The van der Waals surface area contributed by atoms with Crippen molar-refractivity contribution in [1.29, 1.82) is 0 Å². The molecule has 108 valence electrons. The van der Waals surface area contributed by atoms with Gasteiger partial charge in [-0.1, -0.05) is 38.8 Å². The fourth-order valence-corrected chi connectivity index (χ4v) is 2.75. The minimum absolute atomic E-state index is 0.504. The van der Waals surface area contributed by atoms with Gasteiger partial charge in [0.2, 0.25) is 0 Å². The maximum Gasteiger partial charge on any atom is 0.118 e. The van der Waals surface area contributed by atoms with Crippen molar-refractivity contribution in [2.75, 3.05) is 7.11 Å². The molecule has 0 aliphatic heterocycles. The smallest absolute Gasteiger partial charge is 0.118 e. The summed E-state index contributed by atoms with van der Waals surface area (Å²) >= 11 is 0. The summed E-state index contributed by atoms with van der Waals surface area (Å²) < 4.78 is 5.18. The van der Waals surface area contributed by atoms with Gasteiger partial charge in [0.25, 0.3) is 0 Å². The second-order valence-electron chi connectivity index (χ2n) is 5.49. The molecular formula is C17H29NO. The molecule has 0 amide bonds. The normalized spacial score (nSPS) is 14.4. The molecule has 2 unspecified atom stereocenters. The third kappa shape index (κ3) is 5.23. The summed E-state index contributed by atoms with van der Waals surface area (Å²) in [6, 6.07) is 9.46. The molecule has 0 aliphatic rings. The lowest BCUT2D eigenvalue weighted by Crippen LogP contribution is -2.40. The zero-order valence-corrected chi connectivity index (χ0v) is 13.1. The van der Waals surface area contributed by atoms with Crippen LogP contribution in [0.4, 0.5) is 0 Å². The van der Waals surface area contributed by atoms with Crippen LogP contribution in [0.3, 0.4) is 0 Å². The molecule has 2 heteroatoms. The van der Waals surface area contributed by atoms with Crippen molar-refractivity contribution in [1.82, 2.24) is 5.32 Å². The number of nitrogens with one attached hydrogen (secondary N) is 1. The van der Waals surface area contributed by atoms with Crippen LogP contribution in [0.2, 0.25) is 0 Å². The lowest BCUT2D eigenvalue weighted by Gasteiger charge is -2.26. The third-order valence-corrected chi connectivity index (χ3v) is 4.00. The van der Waals surface area contributed by atoms with E-state index in [-0.39, 0.29) is 0 Å². The van der Waals surface area contributed by atoms with Gasteiger partial charge in [-0.3, -0.25) is 0 Å². The first-order chi connectivity index (χ1) is 9.10. The van der Waals surface area contributed by atoms with E-state index < -0.39 is 0 Å². The summed E-state index contributed by atoms with van der Waals surface area (Å²) in [5.74, 6) is 1.70. The Labute approximate surface area is 118 Å². The largest absolute Gasteiger partial charge is 0.497 e. The van der Waals surface area contributed by atoms with E-state index in [9.17, 15) is 0 Å². The van der Waals surface area contributed by atoms with Gasteiger partial charge in [0.15, 0.2) is 0 Å². The molecule has 1 N–H and O–H groups in total. The third-order valence-electron chi connectivity index (χ3n) is 4.00. The van der Waals surface area contributed by atoms with Crippen molar-refractivity contribution in [2.45, 2.75) is 59.0 Å². The first-order valence-corrected chi connectivity index (χ1v) is 7.49. The van der Waals surface area contributed by atoms with E-state index >= 15 is 0 Å². The van der Waals surface area contributed by atoms with Crippen molar-refractivity contribution >= 4 is 0 Å². The van der Waals surface area contributed by atoms with E-state index in [2.05, 4.69) is 45.1 Å². The van der Waals surface area contributed by atoms with E-state index in [1.807, 2.05) is 12.1 Å². The zero-order chi connectivity index (χ0) is 14.3. The first-order valence-electron chi connectivity index (χ1n) is 7.49. The van der Waals surface area contributed by atoms with Gasteiger partial charge in [-0.15, -0.1) is 0 Å². The molecule has 1 rings (SSSR count). The molecule has 1 aromatic rings. The van der Waals surface area contributed by atoms with E-state index in [4.69, 9.17) is 4.74 Å². The highest BCUT2D eigenvalue weighted by Gasteiger charge is 2.15.